The molecular weight excluding hydrogens is 506 g/mol. The second-order valence-electron chi connectivity index (χ2n) is 8.76. The predicted octanol–water partition coefficient (Wildman–Crippen LogP) is 5.60. The fourth-order valence-electron chi connectivity index (χ4n) is 4.68. The van der Waals surface area contributed by atoms with Crippen molar-refractivity contribution in [2.24, 2.45) is 0 Å². The average Bonchev–Trinajstić information content (AvgIpc) is 3.50. The van der Waals surface area contributed by atoms with Gasteiger partial charge in [0, 0.05) is 47.3 Å². The molecule has 2 atom stereocenters. The average molecular weight is 532 g/mol. The van der Waals surface area contributed by atoms with Crippen molar-refractivity contribution < 1.29 is 9.53 Å². The quantitative estimate of drug-likeness (QED) is 0.303. The van der Waals surface area contributed by atoms with Gasteiger partial charge in [0.25, 0.3) is 0 Å². The number of aromatic nitrogens is 2. The summed E-state index contributed by atoms with van der Waals surface area (Å²) in [5.41, 5.74) is 5.41. The Labute approximate surface area is 226 Å². The zero-order chi connectivity index (χ0) is 25.9. The van der Waals surface area contributed by atoms with Crippen LogP contribution in [0.3, 0.4) is 0 Å². The summed E-state index contributed by atoms with van der Waals surface area (Å²) >= 11 is 12.2. The number of nitrogens with zero attached hydrogens (tertiary/aromatic N) is 3. The van der Waals surface area contributed by atoms with Crippen molar-refractivity contribution in [2.45, 2.75) is 19.0 Å². The highest BCUT2D eigenvalue weighted by molar-refractivity contribution is 7.80. The molecule has 188 valence electrons. The number of halogens is 1. The summed E-state index contributed by atoms with van der Waals surface area (Å²) in [6.45, 7) is 1.95. The Morgan fingerprint density at radius 3 is 2.70 bits per heavy atom. The van der Waals surface area contributed by atoms with Crippen molar-refractivity contribution in [2.75, 3.05) is 23.9 Å². The van der Waals surface area contributed by atoms with Gasteiger partial charge in [-0.25, -0.2) is 0 Å². The summed E-state index contributed by atoms with van der Waals surface area (Å²) in [4.78, 5) is 18.8. The lowest BCUT2D eigenvalue weighted by Crippen LogP contribution is -2.30. The van der Waals surface area contributed by atoms with Gasteiger partial charge < -0.3 is 24.8 Å². The summed E-state index contributed by atoms with van der Waals surface area (Å²) in [6.07, 6.45) is 3.81. The highest BCUT2D eigenvalue weighted by atomic mass is 35.5. The van der Waals surface area contributed by atoms with Crippen LogP contribution in [0.15, 0.2) is 85.2 Å². The van der Waals surface area contributed by atoms with E-state index in [1.807, 2.05) is 79.9 Å². The minimum atomic E-state index is -0.204. The summed E-state index contributed by atoms with van der Waals surface area (Å²) in [5, 5.41) is 7.65. The third kappa shape index (κ3) is 5.09. The van der Waals surface area contributed by atoms with E-state index in [0.29, 0.717) is 10.1 Å². The van der Waals surface area contributed by atoms with Crippen LogP contribution in [0.2, 0.25) is 5.02 Å². The van der Waals surface area contributed by atoms with Crippen LogP contribution in [-0.2, 0) is 9.53 Å². The van der Waals surface area contributed by atoms with Crippen molar-refractivity contribution in [3.05, 3.63) is 107 Å². The van der Waals surface area contributed by atoms with Gasteiger partial charge in [0.2, 0.25) is 5.91 Å². The molecule has 0 spiro atoms. The molecule has 1 fully saturated rings. The molecule has 0 radical (unpaired) electrons. The third-order valence-electron chi connectivity index (χ3n) is 6.31. The Morgan fingerprint density at radius 1 is 1.11 bits per heavy atom. The zero-order valence-corrected chi connectivity index (χ0v) is 22.0. The standard InChI is InChI=1S/C28H26ClN5O2S/c1-18-15-21(11-12-22(18)31-25(35)17-36-2)34-27(26(32-28(34)37)23-9-3-4-13-30-23)24-10-6-14-33(24)20-8-5-7-19(29)16-20/h3-16,26-27H,17H2,1-2H3,(H,31,35)(H,32,37)/t26-,27+/m1/s1. The van der Waals surface area contributed by atoms with Crippen molar-refractivity contribution in [3.8, 4) is 5.69 Å². The van der Waals surface area contributed by atoms with Crippen molar-refractivity contribution in [1.29, 1.82) is 0 Å². The van der Waals surface area contributed by atoms with Crippen molar-refractivity contribution in [3.63, 3.8) is 0 Å². The van der Waals surface area contributed by atoms with Crippen LogP contribution in [0.25, 0.3) is 5.69 Å². The zero-order valence-electron chi connectivity index (χ0n) is 20.4. The molecule has 4 aromatic rings. The number of amides is 1. The van der Waals surface area contributed by atoms with E-state index in [9.17, 15) is 4.79 Å². The highest BCUT2D eigenvalue weighted by Crippen LogP contribution is 2.43. The SMILES string of the molecule is COCC(=O)Nc1ccc(N2C(=S)N[C@H](c3ccccn3)[C@@H]2c2cccn2-c2cccc(Cl)c2)cc1C. The van der Waals surface area contributed by atoms with E-state index in [4.69, 9.17) is 28.6 Å². The normalized spacial score (nSPS) is 17.1. The number of carbonyl (C=O) groups is 1. The first-order chi connectivity index (χ1) is 18.0. The van der Waals surface area contributed by atoms with Crippen LogP contribution < -0.4 is 15.5 Å². The lowest BCUT2D eigenvalue weighted by atomic mass is 10.00. The van der Waals surface area contributed by atoms with Gasteiger partial charge >= 0.3 is 0 Å². The largest absolute Gasteiger partial charge is 0.375 e. The number of rotatable bonds is 7. The van der Waals surface area contributed by atoms with Gasteiger partial charge in [-0.15, -0.1) is 0 Å². The van der Waals surface area contributed by atoms with Gasteiger partial charge in [-0.05, 0) is 85.4 Å². The van der Waals surface area contributed by atoms with E-state index in [-0.39, 0.29) is 24.6 Å². The smallest absolute Gasteiger partial charge is 0.250 e. The topological polar surface area (TPSA) is 71.4 Å². The van der Waals surface area contributed by atoms with E-state index < -0.39 is 0 Å². The van der Waals surface area contributed by atoms with Gasteiger partial charge in [-0.2, -0.15) is 0 Å². The molecule has 3 heterocycles. The van der Waals surface area contributed by atoms with E-state index in [1.54, 1.807) is 6.20 Å². The molecular formula is C28H26ClN5O2S. The highest BCUT2D eigenvalue weighted by Gasteiger charge is 2.42. The lowest BCUT2D eigenvalue weighted by molar-refractivity contribution is -0.119. The monoisotopic (exact) mass is 531 g/mol. The Bertz CT molecular complexity index is 1440. The van der Waals surface area contributed by atoms with Crippen LogP contribution in [0.4, 0.5) is 11.4 Å². The second kappa shape index (κ2) is 10.7. The first-order valence-corrected chi connectivity index (χ1v) is 12.6. The molecule has 9 heteroatoms. The molecule has 1 amide bonds. The molecule has 1 aliphatic heterocycles. The molecule has 5 rings (SSSR count). The van der Waals surface area contributed by atoms with E-state index in [2.05, 4.69) is 31.2 Å². The number of methoxy groups -OCH3 is 1. The van der Waals surface area contributed by atoms with Crippen molar-refractivity contribution in [1.82, 2.24) is 14.9 Å². The van der Waals surface area contributed by atoms with Crippen LogP contribution in [-0.4, -0.2) is 34.3 Å². The van der Waals surface area contributed by atoms with Gasteiger partial charge in [0.05, 0.1) is 11.7 Å². The molecule has 37 heavy (non-hydrogen) atoms. The maximum Gasteiger partial charge on any atom is 0.250 e. The first kappa shape index (κ1) is 25.0. The second-order valence-corrected chi connectivity index (χ2v) is 9.58. The molecule has 7 nitrogen and oxygen atoms in total. The molecule has 2 aromatic carbocycles. The maximum absolute atomic E-state index is 12.1. The number of hydrogen-bond acceptors (Lipinski definition) is 4. The number of ether oxygens (including phenoxy) is 1. The van der Waals surface area contributed by atoms with Gasteiger partial charge in [-0.1, -0.05) is 23.7 Å². The minimum absolute atomic E-state index is 0.00432. The molecule has 0 saturated carbocycles. The third-order valence-corrected chi connectivity index (χ3v) is 6.86. The number of benzene rings is 2. The van der Waals surface area contributed by atoms with Gasteiger partial charge in [-0.3, -0.25) is 9.78 Å². The first-order valence-electron chi connectivity index (χ1n) is 11.8. The lowest BCUT2D eigenvalue weighted by Gasteiger charge is -2.29. The summed E-state index contributed by atoms with van der Waals surface area (Å²) < 4.78 is 7.06. The van der Waals surface area contributed by atoms with Crippen LogP contribution in [0.1, 0.15) is 29.0 Å². The Hall–Kier alpha value is -3.72. The Morgan fingerprint density at radius 2 is 1.97 bits per heavy atom. The van der Waals surface area contributed by atoms with E-state index in [1.165, 1.54) is 7.11 Å². The molecule has 0 unspecified atom stereocenters. The van der Waals surface area contributed by atoms with Crippen molar-refractivity contribution >= 4 is 46.2 Å². The fourth-order valence-corrected chi connectivity index (χ4v) is 5.22. The summed E-state index contributed by atoms with van der Waals surface area (Å²) in [6, 6.07) is 23.2. The molecule has 1 aliphatic rings. The number of thiocarbonyl (C=S) groups is 1. The number of nitrogens with one attached hydrogen (secondary N) is 2. The van der Waals surface area contributed by atoms with Crippen LogP contribution >= 0.6 is 23.8 Å². The Balaban J connectivity index is 1.59. The van der Waals surface area contributed by atoms with Gasteiger partial charge in [0.1, 0.15) is 12.6 Å². The van der Waals surface area contributed by atoms with Gasteiger partial charge in [0.15, 0.2) is 5.11 Å². The molecule has 1 saturated heterocycles. The minimum Gasteiger partial charge on any atom is -0.375 e. The summed E-state index contributed by atoms with van der Waals surface area (Å²) in [7, 11) is 1.49. The number of anilines is 2. The molecule has 2 aromatic heterocycles. The molecule has 0 bridgehead atoms. The van der Waals surface area contributed by atoms with Crippen LogP contribution in [0, 0.1) is 6.92 Å². The van der Waals surface area contributed by atoms with E-state index in [0.717, 1.165) is 34.0 Å². The number of pyridine rings is 1. The number of hydrogen-bond donors (Lipinski definition) is 2. The van der Waals surface area contributed by atoms with Crippen LogP contribution in [0.5, 0.6) is 0 Å². The Kier molecular flexibility index (Phi) is 7.23. The predicted molar refractivity (Wildman–Crippen MR) is 150 cm³/mol. The molecule has 0 aliphatic carbocycles. The summed E-state index contributed by atoms with van der Waals surface area (Å²) in [5.74, 6) is -0.204. The molecule has 2 N–H and O–H groups in total. The fraction of sp³-hybridized carbons (Fsp3) is 0.179. The maximum atomic E-state index is 12.1. The number of aryl methyl sites for hydroxylation is 1. The van der Waals surface area contributed by atoms with E-state index >= 15 is 0 Å². The number of carbonyl (C=O) groups excluding carboxylic acids is 1.